The van der Waals surface area contributed by atoms with Crippen molar-refractivity contribution in [3.8, 4) is 11.4 Å². The molecule has 0 spiro atoms. The molecule has 57 heavy (non-hydrogen) atoms. The highest BCUT2D eigenvalue weighted by atomic mass is 31.2. The van der Waals surface area contributed by atoms with Gasteiger partial charge in [-0.15, -0.1) is 0 Å². The number of rotatable bonds is 29. The zero-order valence-electron chi connectivity index (χ0n) is 33.6. The molecule has 1 unspecified atom stereocenters. The van der Waals surface area contributed by atoms with Crippen molar-refractivity contribution < 1.29 is 36.9 Å². The SMILES string of the molecule is CCCCCCCCCCCCCCCCCCC[C@H](COP(=O)(O)OC[C@]1(N)CC[C@H](c2ccc3c(N)ncnn23)O1)OCc1cc(F)cc(-c2ncon2)c1. The highest BCUT2D eigenvalue weighted by molar-refractivity contribution is 7.47. The summed E-state index contributed by atoms with van der Waals surface area (Å²) in [5.74, 6) is 0.125. The van der Waals surface area contributed by atoms with E-state index in [-0.39, 0.29) is 25.6 Å². The zero-order chi connectivity index (χ0) is 40.4. The summed E-state index contributed by atoms with van der Waals surface area (Å²) in [6.45, 7) is 1.72. The zero-order valence-corrected chi connectivity index (χ0v) is 34.5. The van der Waals surface area contributed by atoms with Crippen molar-refractivity contribution in [2.45, 2.75) is 160 Å². The van der Waals surface area contributed by atoms with E-state index >= 15 is 0 Å². The van der Waals surface area contributed by atoms with Gasteiger partial charge in [-0.3, -0.25) is 9.05 Å². The lowest BCUT2D eigenvalue weighted by Crippen LogP contribution is -2.43. The summed E-state index contributed by atoms with van der Waals surface area (Å²) in [7, 11) is -4.56. The summed E-state index contributed by atoms with van der Waals surface area (Å²) in [6.07, 6.45) is 24.6. The number of hydrogen-bond acceptors (Lipinski definition) is 12. The van der Waals surface area contributed by atoms with Crippen LogP contribution in [0, 0.1) is 5.82 Å². The molecular formula is C41H63FN7O7P. The second-order valence-electron chi connectivity index (χ2n) is 15.4. The van der Waals surface area contributed by atoms with Crippen LogP contribution in [0.15, 0.2) is 47.6 Å². The van der Waals surface area contributed by atoms with Crippen LogP contribution in [0.5, 0.6) is 0 Å². The maximum Gasteiger partial charge on any atom is 0.472 e. The third-order valence-corrected chi connectivity index (χ3v) is 11.6. The van der Waals surface area contributed by atoms with Gasteiger partial charge in [-0.05, 0) is 55.2 Å². The minimum atomic E-state index is -4.56. The predicted octanol–water partition coefficient (Wildman–Crippen LogP) is 9.77. The first-order valence-electron chi connectivity index (χ1n) is 21.0. The average molecular weight is 816 g/mol. The summed E-state index contributed by atoms with van der Waals surface area (Å²) in [4.78, 5) is 18.7. The quantitative estimate of drug-likeness (QED) is 0.0346. The van der Waals surface area contributed by atoms with Gasteiger partial charge >= 0.3 is 7.82 Å². The van der Waals surface area contributed by atoms with E-state index in [1.165, 1.54) is 115 Å². The first-order valence-corrected chi connectivity index (χ1v) is 22.5. The Morgan fingerprint density at radius 3 is 2.26 bits per heavy atom. The molecule has 1 aromatic carbocycles. The van der Waals surface area contributed by atoms with Crippen molar-refractivity contribution in [1.82, 2.24) is 24.7 Å². The molecular weight excluding hydrogens is 752 g/mol. The number of nitrogens with two attached hydrogens (primary N) is 2. The third-order valence-electron chi connectivity index (χ3n) is 10.6. The van der Waals surface area contributed by atoms with Crippen molar-refractivity contribution >= 4 is 19.2 Å². The van der Waals surface area contributed by atoms with Crippen LogP contribution in [0.2, 0.25) is 0 Å². The van der Waals surface area contributed by atoms with Crippen LogP contribution >= 0.6 is 7.82 Å². The van der Waals surface area contributed by atoms with Crippen molar-refractivity contribution in [2.75, 3.05) is 18.9 Å². The highest BCUT2D eigenvalue weighted by Gasteiger charge is 2.41. The molecule has 1 fully saturated rings. The van der Waals surface area contributed by atoms with Crippen LogP contribution in [0.3, 0.4) is 0 Å². The van der Waals surface area contributed by atoms with E-state index in [9.17, 15) is 13.8 Å². The molecule has 316 valence electrons. The van der Waals surface area contributed by atoms with Crippen molar-refractivity contribution in [2.24, 2.45) is 5.73 Å². The van der Waals surface area contributed by atoms with Crippen LogP contribution in [0.25, 0.3) is 16.9 Å². The van der Waals surface area contributed by atoms with Crippen LogP contribution in [-0.2, 0) is 29.7 Å². The Kier molecular flexibility index (Phi) is 18.3. The topological polar surface area (TPSA) is 195 Å². The fourth-order valence-electron chi connectivity index (χ4n) is 7.40. The average Bonchev–Trinajstić information content (AvgIpc) is 3.97. The number of anilines is 1. The van der Waals surface area contributed by atoms with E-state index in [4.69, 9.17) is 34.5 Å². The summed E-state index contributed by atoms with van der Waals surface area (Å²) in [6, 6.07) is 8.04. The van der Waals surface area contributed by atoms with Gasteiger partial charge in [-0.25, -0.2) is 18.5 Å². The number of unbranched alkanes of at least 4 members (excludes halogenated alkanes) is 16. The number of fused-ring (bicyclic) bond motifs is 1. The van der Waals surface area contributed by atoms with Gasteiger partial charge in [0.1, 0.15) is 36.1 Å². The van der Waals surface area contributed by atoms with Crippen LogP contribution in [0.4, 0.5) is 10.2 Å². The molecule has 0 bridgehead atoms. The van der Waals surface area contributed by atoms with Crippen molar-refractivity contribution in [1.29, 1.82) is 0 Å². The normalized spacial score (nSPS) is 18.7. The van der Waals surface area contributed by atoms with Gasteiger partial charge in [0.25, 0.3) is 0 Å². The molecule has 4 heterocycles. The van der Waals surface area contributed by atoms with Crippen LogP contribution < -0.4 is 11.5 Å². The van der Waals surface area contributed by atoms with Crippen LogP contribution in [-0.4, -0.2) is 54.7 Å². The van der Waals surface area contributed by atoms with E-state index in [1.807, 2.05) is 6.07 Å². The lowest BCUT2D eigenvalue weighted by molar-refractivity contribution is -0.0739. The monoisotopic (exact) mass is 815 g/mol. The summed E-state index contributed by atoms with van der Waals surface area (Å²) in [5.41, 5.74) is 13.5. The summed E-state index contributed by atoms with van der Waals surface area (Å²) < 4.78 is 57.2. The van der Waals surface area contributed by atoms with E-state index in [1.54, 1.807) is 16.6 Å². The van der Waals surface area contributed by atoms with E-state index < -0.39 is 31.6 Å². The number of nitrogens with zero attached hydrogens (tertiary/aromatic N) is 5. The van der Waals surface area contributed by atoms with Gasteiger partial charge in [0, 0.05) is 5.56 Å². The van der Waals surface area contributed by atoms with E-state index in [0.29, 0.717) is 41.7 Å². The second kappa shape index (κ2) is 23.3. The molecule has 1 saturated heterocycles. The number of aromatic nitrogens is 5. The first-order chi connectivity index (χ1) is 27.6. The Hall–Kier alpha value is -3.30. The minimum Gasteiger partial charge on any atom is -0.382 e. The predicted molar refractivity (Wildman–Crippen MR) is 216 cm³/mol. The number of halogens is 1. The van der Waals surface area contributed by atoms with Crippen molar-refractivity contribution in [3.05, 3.63) is 60.1 Å². The molecule has 0 aliphatic carbocycles. The number of benzene rings is 1. The Morgan fingerprint density at radius 1 is 0.947 bits per heavy atom. The fourth-order valence-corrected chi connectivity index (χ4v) is 8.21. The smallest absolute Gasteiger partial charge is 0.382 e. The lowest BCUT2D eigenvalue weighted by atomic mass is 10.0. The summed E-state index contributed by atoms with van der Waals surface area (Å²) >= 11 is 0. The van der Waals surface area contributed by atoms with Gasteiger partial charge in [0.15, 0.2) is 5.82 Å². The molecule has 14 nitrogen and oxygen atoms in total. The molecule has 4 atom stereocenters. The molecule has 3 aromatic heterocycles. The van der Waals surface area contributed by atoms with Crippen molar-refractivity contribution in [3.63, 3.8) is 0 Å². The maximum absolute atomic E-state index is 14.5. The first kappa shape index (κ1) is 44.8. The molecule has 16 heteroatoms. The molecule has 0 radical (unpaired) electrons. The summed E-state index contributed by atoms with van der Waals surface area (Å²) in [5, 5.41) is 8.07. The van der Waals surface area contributed by atoms with Gasteiger partial charge in [0.05, 0.1) is 25.0 Å². The van der Waals surface area contributed by atoms with Gasteiger partial charge in [-0.1, -0.05) is 121 Å². The number of ether oxygens (including phenoxy) is 2. The molecule has 5 rings (SSSR count). The molecule has 1 aliphatic heterocycles. The lowest BCUT2D eigenvalue weighted by Gasteiger charge is -2.26. The molecule has 4 aromatic rings. The molecule has 5 N–H and O–H groups in total. The molecule has 0 saturated carbocycles. The minimum absolute atomic E-state index is 0.0400. The Morgan fingerprint density at radius 2 is 1.61 bits per heavy atom. The van der Waals surface area contributed by atoms with Gasteiger partial charge in [0.2, 0.25) is 12.2 Å². The molecule has 1 aliphatic rings. The Bertz CT molecular complexity index is 1800. The van der Waals surface area contributed by atoms with Gasteiger partial charge in [-0.2, -0.15) is 10.1 Å². The number of nitrogen functional groups attached to an aromatic ring is 1. The van der Waals surface area contributed by atoms with Crippen LogP contribution in [0.1, 0.15) is 153 Å². The van der Waals surface area contributed by atoms with Gasteiger partial charge < -0.3 is 30.4 Å². The third kappa shape index (κ3) is 15.1. The second-order valence-corrected chi connectivity index (χ2v) is 16.9. The molecule has 0 amide bonds. The largest absolute Gasteiger partial charge is 0.472 e. The Labute approximate surface area is 336 Å². The highest BCUT2D eigenvalue weighted by Crippen LogP contribution is 2.46. The number of phosphoric ester groups is 1. The van der Waals surface area contributed by atoms with E-state index in [2.05, 4.69) is 27.1 Å². The van der Waals surface area contributed by atoms with E-state index in [0.717, 1.165) is 25.0 Å². The fraction of sp³-hybridized carbons (Fsp3) is 0.659. The number of hydrogen-bond donors (Lipinski definition) is 3. The number of phosphoric acid groups is 1. The maximum atomic E-state index is 14.5. The standard InChI is InChI=1S/C41H63FN7O7P/c1-2-3-4-5-6-7-8-9-10-11-12-13-14-15-16-17-18-19-35(52-27-32-24-33(26-34(42)25-32)40-46-31-53-48-40)28-54-57(50,51)55-29-41(44)23-22-38(56-41)36-20-21-37-39(43)45-30-47-49(36)37/h20-21,24-26,30-31,35,38H,2-19,22-23,27-29,44H2,1H3,(H,50,51)(H2,43,45,47)/t35-,38-,41+/m1/s1. The Balaban J connectivity index is 1.04.